The zero-order valence-electron chi connectivity index (χ0n) is 15.8. The van der Waals surface area contributed by atoms with E-state index in [-0.39, 0.29) is 12.1 Å². The summed E-state index contributed by atoms with van der Waals surface area (Å²) in [5, 5.41) is 3.05. The molecule has 0 spiro atoms. The first kappa shape index (κ1) is 18.9. The number of carbonyl (C=O) groups is 1. The van der Waals surface area contributed by atoms with Gasteiger partial charge in [0.2, 0.25) is 0 Å². The van der Waals surface area contributed by atoms with Gasteiger partial charge >= 0.3 is 6.03 Å². The fourth-order valence-corrected chi connectivity index (χ4v) is 2.90. The summed E-state index contributed by atoms with van der Waals surface area (Å²) in [6.45, 7) is 5.18. The first-order chi connectivity index (χ1) is 11.9. The maximum absolute atomic E-state index is 12.5. The van der Waals surface area contributed by atoms with Gasteiger partial charge in [-0.3, -0.25) is 4.98 Å². The molecular formula is C20H28N4O. The third-order valence-corrected chi connectivity index (χ3v) is 4.34. The molecule has 1 aromatic heterocycles. The summed E-state index contributed by atoms with van der Waals surface area (Å²) in [6, 6.07) is 12.3. The van der Waals surface area contributed by atoms with E-state index in [0.717, 1.165) is 11.3 Å². The summed E-state index contributed by atoms with van der Waals surface area (Å²) < 4.78 is 0. The summed E-state index contributed by atoms with van der Waals surface area (Å²) >= 11 is 0. The van der Waals surface area contributed by atoms with Gasteiger partial charge in [0.1, 0.15) is 0 Å². The molecule has 0 saturated heterocycles. The number of aryl methyl sites for hydroxylation is 2. The largest absolute Gasteiger partial charge is 0.336 e. The minimum Gasteiger partial charge on any atom is -0.336 e. The van der Waals surface area contributed by atoms with Crippen LogP contribution in [0.3, 0.4) is 0 Å². The molecule has 2 amide bonds. The van der Waals surface area contributed by atoms with Crippen LogP contribution in [0.25, 0.3) is 0 Å². The van der Waals surface area contributed by atoms with Crippen LogP contribution >= 0.6 is 0 Å². The van der Waals surface area contributed by atoms with Gasteiger partial charge in [0.15, 0.2) is 0 Å². The van der Waals surface area contributed by atoms with Crippen LogP contribution in [0.5, 0.6) is 0 Å². The van der Waals surface area contributed by atoms with E-state index in [1.807, 2.05) is 52.3 Å². The summed E-state index contributed by atoms with van der Waals surface area (Å²) in [5.74, 6) is 0. The molecule has 1 heterocycles. The van der Waals surface area contributed by atoms with Crippen molar-refractivity contribution in [3.05, 3.63) is 65.0 Å². The van der Waals surface area contributed by atoms with Crippen LogP contribution in [0.15, 0.2) is 42.6 Å². The second kappa shape index (κ2) is 8.62. The van der Waals surface area contributed by atoms with Crippen LogP contribution in [0.4, 0.5) is 4.79 Å². The number of carbonyl (C=O) groups excluding carboxylic acids is 1. The Morgan fingerprint density at radius 3 is 2.52 bits per heavy atom. The van der Waals surface area contributed by atoms with Gasteiger partial charge in [-0.15, -0.1) is 0 Å². The molecule has 0 aliphatic carbocycles. The van der Waals surface area contributed by atoms with Crippen LogP contribution in [-0.4, -0.2) is 48.5 Å². The third-order valence-electron chi connectivity index (χ3n) is 4.34. The second-order valence-corrected chi connectivity index (χ2v) is 6.68. The number of aromatic nitrogens is 1. The van der Waals surface area contributed by atoms with Crippen molar-refractivity contribution in [2.45, 2.75) is 26.4 Å². The van der Waals surface area contributed by atoms with E-state index in [4.69, 9.17) is 0 Å². The van der Waals surface area contributed by atoms with Crippen molar-refractivity contribution >= 4 is 6.03 Å². The van der Waals surface area contributed by atoms with E-state index >= 15 is 0 Å². The van der Waals surface area contributed by atoms with Gasteiger partial charge < -0.3 is 15.1 Å². The molecule has 1 atom stereocenters. The van der Waals surface area contributed by atoms with E-state index in [2.05, 4.69) is 34.3 Å². The van der Waals surface area contributed by atoms with Crippen LogP contribution in [0.2, 0.25) is 0 Å². The Morgan fingerprint density at radius 2 is 1.88 bits per heavy atom. The molecule has 2 rings (SSSR count). The average Bonchev–Trinajstić information content (AvgIpc) is 2.56. The summed E-state index contributed by atoms with van der Waals surface area (Å²) in [4.78, 5) is 20.5. The molecule has 1 aromatic carbocycles. The quantitative estimate of drug-likeness (QED) is 0.879. The zero-order chi connectivity index (χ0) is 18.4. The van der Waals surface area contributed by atoms with Crippen molar-refractivity contribution in [3.63, 3.8) is 0 Å². The fraction of sp³-hybridized carbons (Fsp3) is 0.400. The Hall–Kier alpha value is -2.40. The predicted molar refractivity (Wildman–Crippen MR) is 101 cm³/mol. The summed E-state index contributed by atoms with van der Waals surface area (Å²) in [6.07, 6.45) is 1.77. The van der Waals surface area contributed by atoms with Gasteiger partial charge in [-0.2, -0.15) is 0 Å². The van der Waals surface area contributed by atoms with Crippen molar-refractivity contribution in [1.82, 2.24) is 20.1 Å². The van der Waals surface area contributed by atoms with Crippen molar-refractivity contribution in [3.8, 4) is 0 Å². The van der Waals surface area contributed by atoms with Crippen molar-refractivity contribution in [2.75, 3.05) is 27.7 Å². The van der Waals surface area contributed by atoms with E-state index < -0.39 is 0 Å². The number of urea groups is 1. The molecule has 134 valence electrons. The van der Waals surface area contributed by atoms with Gasteiger partial charge in [0, 0.05) is 32.0 Å². The van der Waals surface area contributed by atoms with Gasteiger partial charge in [-0.05, 0) is 56.8 Å². The molecule has 0 bridgehead atoms. The van der Waals surface area contributed by atoms with Gasteiger partial charge in [-0.25, -0.2) is 4.79 Å². The Bertz CT molecular complexity index is 714. The highest BCUT2D eigenvalue weighted by atomic mass is 16.2. The van der Waals surface area contributed by atoms with Crippen LogP contribution < -0.4 is 5.32 Å². The summed E-state index contributed by atoms with van der Waals surface area (Å²) in [7, 11) is 5.88. The standard InChI is InChI=1S/C20H28N4O/c1-15-8-6-7-9-18(15)19(23(3)4)13-22-20(25)24(5)14-17-10-11-21-16(2)12-17/h6-12,19H,13-14H2,1-5H3,(H,22,25)/t19-/m1/s1. The van der Waals surface area contributed by atoms with E-state index in [9.17, 15) is 4.79 Å². The van der Waals surface area contributed by atoms with Gasteiger partial charge in [0.05, 0.1) is 6.04 Å². The minimum atomic E-state index is -0.0742. The molecule has 0 aliphatic heterocycles. The van der Waals surface area contributed by atoms with E-state index in [0.29, 0.717) is 13.1 Å². The number of benzene rings is 1. The molecule has 5 heteroatoms. The highest BCUT2D eigenvalue weighted by Gasteiger charge is 2.18. The van der Waals surface area contributed by atoms with Gasteiger partial charge in [-0.1, -0.05) is 24.3 Å². The number of nitrogens with one attached hydrogen (secondary N) is 1. The number of amides is 2. The number of likely N-dealkylation sites (N-methyl/N-ethyl adjacent to an activating group) is 1. The highest BCUT2D eigenvalue weighted by molar-refractivity contribution is 5.73. The monoisotopic (exact) mass is 340 g/mol. The first-order valence-corrected chi connectivity index (χ1v) is 8.51. The van der Waals surface area contributed by atoms with E-state index in [1.165, 1.54) is 11.1 Å². The third kappa shape index (κ3) is 5.29. The first-order valence-electron chi connectivity index (χ1n) is 8.51. The van der Waals surface area contributed by atoms with Crippen LogP contribution in [-0.2, 0) is 6.54 Å². The lowest BCUT2D eigenvalue weighted by molar-refractivity contribution is 0.200. The number of hydrogen-bond donors (Lipinski definition) is 1. The lowest BCUT2D eigenvalue weighted by Crippen LogP contribution is -2.41. The maximum atomic E-state index is 12.5. The van der Waals surface area contributed by atoms with Crippen LogP contribution in [0, 0.1) is 13.8 Å². The summed E-state index contributed by atoms with van der Waals surface area (Å²) in [5.41, 5.74) is 4.50. The minimum absolute atomic E-state index is 0.0742. The van der Waals surface area contributed by atoms with Gasteiger partial charge in [0.25, 0.3) is 0 Å². The number of hydrogen-bond acceptors (Lipinski definition) is 3. The Kier molecular flexibility index (Phi) is 6.53. The topological polar surface area (TPSA) is 48.5 Å². The fourth-order valence-electron chi connectivity index (χ4n) is 2.90. The molecule has 1 N–H and O–H groups in total. The van der Waals surface area contributed by atoms with E-state index in [1.54, 1.807) is 11.1 Å². The lowest BCUT2D eigenvalue weighted by atomic mass is 10.0. The molecule has 5 nitrogen and oxygen atoms in total. The number of rotatable bonds is 6. The molecular weight excluding hydrogens is 312 g/mol. The van der Waals surface area contributed by atoms with Crippen molar-refractivity contribution in [2.24, 2.45) is 0 Å². The molecule has 0 unspecified atom stereocenters. The maximum Gasteiger partial charge on any atom is 0.317 e. The van der Waals surface area contributed by atoms with Crippen molar-refractivity contribution < 1.29 is 4.79 Å². The van der Waals surface area contributed by atoms with Crippen LogP contribution in [0.1, 0.15) is 28.4 Å². The lowest BCUT2D eigenvalue weighted by Gasteiger charge is -2.27. The number of pyridine rings is 1. The van der Waals surface area contributed by atoms with Crippen molar-refractivity contribution in [1.29, 1.82) is 0 Å². The molecule has 0 radical (unpaired) electrons. The molecule has 0 fully saturated rings. The Labute approximate surface area is 150 Å². The highest BCUT2D eigenvalue weighted by Crippen LogP contribution is 2.21. The molecule has 0 aliphatic rings. The smallest absolute Gasteiger partial charge is 0.317 e. The number of nitrogens with zero attached hydrogens (tertiary/aromatic N) is 3. The average molecular weight is 340 g/mol. The SMILES string of the molecule is Cc1cc(CN(C)C(=O)NC[C@H](c2ccccc2C)N(C)C)ccn1. The normalized spacial score (nSPS) is 12.1. The molecule has 2 aromatic rings. The molecule has 0 saturated carbocycles. The predicted octanol–water partition coefficient (Wildman–Crippen LogP) is 3.14. The second-order valence-electron chi connectivity index (χ2n) is 6.68. The Morgan fingerprint density at radius 1 is 1.16 bits per heavy atom. The molecule has 25 heavy (non-hydrogen) atoms. The Balaban J connectivity index is 1.98. The zero-order valence-corrected chi connectivity index (χ0v) is 15.8.